The Morgan fingerprint density at radius 2 is 1.85 bits per heavy atom. The van der Waals surface area contributed by atoms with Crippen molar-refractivity contribution in [2.45, 2.75) is 39.2 Å². The van der Waals surface area contributed by atoms with Crippen molar-refractivity contribution in [2.24, 2.45) is 0 Å². The second-order valence-corrected chi connectivity index (χ2v) is 6.07. The van der Waals surface area contributed by atoms with Crippen molar-refractivity contribution in [3.05, 3.63) is 29.8 Å². The predicted molar refractivity (Wildman–Crippen MR) is 80.0 cm³/mol. The standard InChI is InChI=1S/C16H25NO3/c1-12(2)13-6-8-14(9-7-13)20-10-15(18)17(5)11-16(3,4)19/h6-9,12,19H,10-11H2,1-5H3. The van der Waals surface area contributed by atoms with Crippen LogP contribution in [0.25, 0.3) is 0 Å². The van der Waals surface area contributed by atoms with Gasteiger partial charge in [0.2, 0.25) is 0 Å². The second kappa shape index (κ2) is 6.75. The molecule has 0 aliphatic rings. The molecule has 0 fully saturated rings. The summed E-state index contributed by atoms with van der Waals surface area (Å²) in [4.78, 5) is 13.3. The third-order valence-corrected chi connectivity index (χ3v) is 2.96. The number of nitrogens with zero attached hydrogens (tertiary/aromatic N) is 1. The summed E-state index contributed by atoms with van der Waals surface area (Å²) in [5, 5.41) is 9.67. The van der Waals surface area contributed by atoms with Gasteiger partial charge in [0.15, 0.2) is 6.61 Å². The smallest absolute Gasteiger partial charge is 0.260 e. The van der Waals surface area contributed by atoms with Crippen LogP contribution in [-0.4, -0.2) is 41.7 Å². The van der Waals surface area contributed by atoms with Crippen molar-refractivity contribution in [3.63, 3.8) is 0 Å². The Bertz CT molecular complexity index is 432. The maximum absolute atomic E-state index is 11.9. The molecule has 4 heteroatoms. The fraction of sp³-hybridized carbons (Fsp3) is 0.562. The lowest BCUT2D eigenvalue weighted by Gasteiger charge is -2.25. The number of aliphatic hydroxyl groups is 1. The molecule has 0 atom stereocenters. The van der Waals surface area contributed by atoms with Crippen LogP contribution in [0.2, 0.25) is 0 Å². The monoisotopic (exact) mass is 279 g/mol. The minimum absolute atomic E-state index is 0.0202. The molecule has 4 nitrogen and oxygen atoms in total. The fourth-order valence-electron chi connectivity index (χ4n) is 1.87. The number of benzene rings is 1. The number of likely N-dealkylation sites (N-methyl/N-ethyl adjacent to an activating group) is 1. The summed E-state index contributed by atoms with van der Waals surface area (Å²) in [6.07, 6.45) is 0. The lowest BCUT2D eigenvalue weighted by molar-refractivity contribution is -0.134. The van der Waals surface area contributed by atoms with Gasteiger partial charge in [-0.1, -0.05) is 26.0 Å². The summed E-state index contributed by atoms with van der Waals surface area (Å²) in [5.41, 5.74) is 0.339. The molecule has 0 saturated carbocycles. The summed E-state index contributed by atoms with van der Waals surface area (Å²) in [7, 11) is 1.66. The van der Waals surface area contributed by atoms with E-state index in [1.165, 1.54) is 10.5 Å². The van der Waals surface area contributed by atoms with E-state index in [2.05, 4.69) is 13.8 Å². The minimum atomic E-state index is -0.899. The average Bonchev–Trinajstić information content (AvgIpc) is 2.34. The SMILES string of the molecule is CC(C)c1ccc(OCC(=O)N(C)CC(C)(C)O)cc1. The van der Waals surface area contributed by atoms with Gasteiger partial charge in [-0.05, 0) is 37.5 Å². The molecular formula is C16H25NO3. The molecule has 0 aliphatic carbocycles. The lowest BCUT2D eigenvalue weighted by atomic mass is 10.0. The molecule has 1 aromatic carbocycles. The van der Waals surface area contributed by atoms with Crippen molar-refractivity contribution in [2.75, 3.05) is 20.2 Å². The Morgan fingerprint density at radius 1 is 1.30 bits per heavy atom. The molecule has 0 aliphatic heterocycles. The summed E-state index contributed by atoms with van der Waals surface area (Å²) in [6, 6.07) is 7.76. The first kappa shape index (κ1) is 16.5. The van der Waals surface area contributed by atoms with Gasteiger partial charge in [0.25, 0.3) is 5.91 Å². The van der Waals surface area contributed by atoms with E-state index in [1.54, 1.807) is 20.9 Å². The number of hydrogen-bond donors (Lipinski definition) is 1. The van der Waals surface area contributed by atoms with E-state index < -0.39 is 5.60 Å². The van der Waals surface area contributed by atoms with Gasteiger partial charge in [0, 0.05) is 13.6 Å². The maximum Gasteiger partial charge on any atom is 0.260 e. The van der Waals surface area contributed by atoms with Crippen molar-refractivity contribution >= 4 is 5.91 Å². The molecule has 1 amide bonds. The number of carbonyl (C=O) groups is 1. The van der Waals surface area contributed by atoms with Crippen LogP contribution in [0.5, 0.6) is 5.75 Å². The Hall–Kier alpha value is -1.55. The zero-order valence-corrected chi connectivity index (χ0v) is 13.0. The van der Waals surface area contributed by atoms with E-state index in [-0.39, 0.29) is 19.1 Å². The van der Waals surface area contributed by atoms with Crippen LogP contribution in [0.3, 0.4) is 0 Å². The molecule has 0 radical (unpaired) electrons. The molecule has 0 spiro atoms. The highest BCUT2D eigenvalue weighted by atomic mass is 16.5. The molecule has 20 heavy (non-hydrogen) atoms. The van der Waals surface area contributed by atoms with E-state index in [4.69, 9.17) is 4.74 Å². The highest BCUT2D eigenvalue weighted by molar-refractivity contribution is 5.77. The van der Waals surface area contributed by atoms with Gasteiger partial charge in [-0.15, -0.1) is 0 Å². The molecule has 112 valence electrons. The number of amides is 1. The number of hydrogen-bond acceptors (Lipinski definition) is 3. The molecular weight excluding hydrogens is 254 g/mol. The van der Waals surface area contributed by atoms with Gasteiger partial charge in [0.05, 0.1) is 5.60 Å². The third kappa shape index (κ3) is 5.61. The largest absolute Gasteiger partial charge is 0.484 e. The van der Waals surface area contributed by atoms with Gasteiger partial charge in [0.1, 0.15) is 5.75 Å². The molecule has 1 aromatic rings. The molecule has 0 bridgehead atoms. The molecule has 0 unspecified atom stereocenters. The van der Waals surface area contributed by atoms with E-state index in [1.807, 2.05) is 24.3 Å². The lowest BCUT2D eigenvalue weighted by Crippen LogP contribution is -2.41. The first-order valence-corrected chi connectivity index (χ1v) is 6.88. The number of carbonyl (C=O) groups excluding carboxylic acids is 1. The number of rotatable bonds is 6. The van der Waals surface area contributed by atoms with Crippen LogP contribution in [0.1, 0.15) is 39.2 Å². The average molecular weight is 279 g/mol. The first-order chi connectivity index (χ1) is 9.19. The van der Waals surface area contributed by atoms with Crippen molar-refractivity contribution in [1.82, 2.24) is 4.90 Å². The van der Waals surface area contributed by atoms with E-state index >= 15 is 0 Å². The summed E-state index contributed by atoms with van der Waals surface area (Å²) in [6.45, 7) is 7.86. The Labute approximate surface area is 121 Å². The zero-order valence-electron chi connectivity index (χ0n) is 13.0. The summed E-state index contributed by atoms with van der Waals surface area (Å²) < 4.78 is 5.47. The van der Waals surface area contributed by atoms with E-state index in [9.17, 15) is 9.90 Å². The zero-order chi connectivity index (χ0) is 15.3. The maximum atomic E-state index is 11.9. The van der Waals surface area contributed by atoms with Gasteiger partial charge in [-0.25, -0.2) is 0 Å². The second-order valence-electron chi connectivity index (χ2n) is 6.07. The Balaban J connectivity index is 2.48. The predicted octanol–water partition coefficient (Wildman–Crippen LogP) is 2.42. The van der Waals surface area contributed by atoms with Crippen molar-refractivity contribution in [1.29, 1.82) is 0 Å². The van der Waals surface area contributed by atoms with Gasteiger partial charge >= 0.3 is 0 Å². The minimum Gasteiger partial charge on any atom is -0.484 e. The topological polar surface area (TPSA) is 49.8 Å². The normalized spacial score (nSPS) is 11.6. The summed E-state index contributed by atoms with van der Waals surface area (Å²) >= 11 is 0. The van der Waals surface area contributed by atoms with Crippen molar-refractivity contribution < 1.29 is 14.6 Å². The van der Waals surface area contributed by atoms with Crippen LogP contribution in [0.15, 0.2) is 24.3 Å². The van der Waals surface area contributed by atoms with Crippen LogP contribution >= 0.6 is 0 Å². The summed E-state index contributed by atoms with van der Waals surface area (Å²) in [5.74, 6) is 1.00. The fourth-order valence-corrected chi connectivity index (χ4v) is 1.87. The van der Waals surface area contributed by atoms with E-state index in [0.717, 1.165) is 0 Å². The van der Waals surface area contributed by atoms with Crippen LogP contribution in [0.4, 0.5) is 0 Å². The van der Waals surface area contributed by atoms with Gasteiger partial charge < -0.3 is 14.7 Å². The van der Waals surface area contributed by atoms with Crippen LogP contribution in [-0.2, 0) is 4.79 Å². The van der Waals surface area contributed by atoms with Crippen molar-refractivity contribution in [3.8, 4) is 5.75 Å². The highest BCUT2D eigenvalue weighted by Crippen LogP contribution is 2.18. The van der Waals surface area contributed by atoms with Crippen LogP contribution in [0, 0.1) is 0 Å². The van der Waals surface area contributed by atoms with Gasteiger partial charge in [-0.2, -0.15) is 0 Å². The Kier molecular flexibility index (Phi) is 5.57. The first-order valence-electron chi connectivity index (χ1n) is 6.88. The molecule has 1 N–H and O–H groups in total. The molecule has 0 heterocycles. The number of ether oxygens (including phenoxy) is 1. The van der Waals surface area contributed by atoms with E-state index in [0.29, 0.717) is 11.7 Å². The highest BCUT2D eigenvalue weighted by Gasteiger charge is 2.19. The molecule has 1 rings (SSSR count). The molecule has 0 aromatic heterocycles. The Morgan fingerprint density at radius 3 is 2.30 bits per heavy atom. The molecule has 0 saturated heterocycles. The van der Waals surface area contributed by atoms with Gasteiger partial charge in [-0.3, -0.25) is 4.79 Å². The van der Waals surface area contributed by atoms with Crippen LogP contribution < -0.4 is 4.74 Å². The quantitative estimate of drug-likeness (QED) is 0.870. The third-order valence-electron chi connectivity index (χ3n) is 2.96.